The Bertz CT molecular complexity index is 919. The van der Waals surface area contributed by atoms with Crippen LogP contribution in [0.5, 0.6) is 0 Å². The molecule has 2 aromatic carbocycles. The summed E-state index contributed by atoms with van der Waals surface area (Å²) in [6.07, 6.45) is 0. The molecule has 0 saturated carbocycles. The number of hydrogen-bond acceptors (Lipinski definition) is 4. The average Bonchev–Trinajstić information content (AvgIpc) is 2.62. The van der Waals surface area contributed by atoms with Crippen molar-refractivity contribution in [1.82, 2.24) is 4.90 Å². The van der Waals surface area contributed by atoms with Crippen LogP contribution in [0.2, 0.25) is 0 Å². The fourth-order valence-corrected chi connectivity index (χ4v) is 2.45. The molecular formula is C19H18F3N3O3. The van der Waals surface area contributed by atoms with Crippen LogP contribution < -0.4 is 10.6 Å². The molecule has 0 atom stereocenters. The largest absolute Gasteiger partial charge is 0.324 e. The summed E-state index contributed by atoms with van der Waals surface area (Å²) in [4.78, 5) is 37.0. The number of Topliss-reactive ketones (excluding diaryl/α,β-unsaturated/α-hetero) is 1. The highest BCUT2D eigenvalue weighted by molar-refractivity contribution is 6.04. The van der Waals surface area contributed by atoms with Gasteiger partial charge in [-0.2, -0.15) is 0 Å². The second-order valence-electron chi connectivity index (χ2n) is 6.09. The minimum atomic E-state index is -1.69. The summed E-state index contributed by atoms with van der Waals surface area (Å²) in [6.45, 7) is 0.874. The Hall–Kier alpha value is -3.20. The van der Waals surface area contributed by atoms with Crippen LogP contribution in [0.15, 0.2) is 36.4 Å². The van der Waals surface area contributed by atoms with Gasteiger partial charge in [-0.3, -0.25) is 19.3 Å². The molecule has 0 saturated heterocycles. The summed E-state index contributed by atoms with van der Waals surface area (Å²) >= 11 is 0. The minimum Gasteiger partial charge on any atom is -0.324 e. The lowest BCUT2D eigenvalue weighted by atomic mass is 10.1. The van der Waals surface area contributed by atoms with Gasteiger partial charge in [0.15, 0.2) is 23.2 Å². The highest BCUT2D eigenvalue weighted by Crippen LogP contribution is 2.19. The molecule has 0 bridgehead atoms. The molecule has 0 heterocycles. The smallest absolute Gasteiger partial charge is 0.238 e. The molecule has 0 aliphatic heterocycles. The molecule has 0 aliphatic carbocycles. The number of hydrogen-bond donors (Lipinski definition) is 2. The quantitative estimate of drug-likeness (QED) is 0.560. The van der Waals surface area contributed by atoms with Gasteiger partial charge in [0, 0.05) is 5.56 Å². The maximum atomic E-state index is 13.6. The number of halogens is 3. The fourth-order valence-electron chi connectivity index (χ4n) is 2.45. The Balaban J connectivity index is 1.92. The van der Waals surface area contributed by atoms with Crippen LogP contribution in [0.3, 0.4) is 0 Å². The van der Waals surface area contributed by atoms with Gasteiger partial charge < -0.3 is 10.6 Å². The van der Waals surface area contributed by atoms with Crippen LogP contribution in [-0.2, 0) is 9.59 Å². The van der Waals surface area contributed by atoms with Gasteiger partial charge in [0.25, 0.3) is 0 Å². The minimum absolute atomic E-state index is 0.195. The molecule has 2 rings (SSSR count). The van der Waals surface area contributed by atoms with Gasteiger partial charge >= 0.3 is 0 Å². The first-order valence-electron chi connectivity index (χ1n) is 8.20. The van der Waals surface area contributed by atoms with Crippen molar-refractivity contribution in [2.75, 3.05) is 30.8 Å². The van der Waals surface area contributed by atoms with Crippen LogP contribution in [0, 0.1) is 17.5 Å². The lowest BCUT2D eigenvalue weighted by Gasteiger charge is -2.17. The van der Waals surface area contributed by atoms with E-state index >= 15 is 0 Å². The summed E-state index contributed by atoms with van der Waals surface area (Å²) in [5, 5.41) is 4.70. The van der Waals surface area contributed by atoms with E-state index < -0.39 is 35.0 Å². The van der Waals surface area contributed by atoms with Crippen molar-refractivity contribution >= 4 is 29.0 Å². The SMILES string of the molecule is CC(=O)c1ccccc1NC(=O)CN(C)CC(=O)Nc1ccc(F)c(F)c1F. The molecule has 0 radical (unpaired) electrons. The monoisotopic (exact) mass is 393 g/mol. The summed E-state index contributed by atoms with van der Waals surface area (Å²) in [6, 6.07) is 8.07. The Kier molecular flexibility index (Phi) is 6.89. The highest BCUT2D eigenvalue weighted by Gasteiger charge is 2.17. The Morgan fingerprint density at radius 3 is 2.04 bits per heavy atom. The van der Waals surface area contributed by atoms with E-state index in [1.165, 1.54) is 18.9 Å². The number of amides is 2. The van der Waals surface area contributed by atoms with E-state index in [0.717, 1.165) is 6.07 Å². The van der Waals surface area contributed by atoms with Crippen LogP contribution in [-0.4, -0.2) is 42.6 Å². The lowest BCUT2D eigenvalue weighted by Crippen LogP contribution is -2.36. The van der Waals surface area contributed by atoms with E-state index in [2.05, 4.69) is 10.6 Å². The summed E-state index contributed by atoms with van der Waals surface area (Å²) in [5.74, 6) is -5.95. The van der Waals surface area contributed by atoms with Gasteiger partial charge in [-0.1, -0.05) is 12.1 Å². The van der Waals surface area contributed by atoms with Crippen molar-refractivity contribution in [3.05, 3.63) is 59.4 Å². The Morgan fingerprint density at radius 2 is 1.43 bits per heavy atom. The van der Waals surface area contributed by atoms with Crippen molar-refractivity contribution in [3.63, 3.8) is 0 Å². The van der Waals surface area contributed by atoms with Crippen LogP contribution >= 0.6 is 0 Å². The van der Waals surface area contributed by atoms with E-state index in [4.69, 9.17) is 0 Å². The number of anilines is 2. The zero-order chi connectivity index (χ0) is 20.8. The second-order valence-corrected chi connectivity index (χ2v) is 6.09. The Morgan fingerprint density at radius 1 is 0.857 bits per heavy atom. The van der Waals surface area contributed by atoms with E-state index in [9.17, 15) is 27.6 Å². The van der Waals surface area contributed by atoms with Crippen molar-refractivity contribution in [3.8, 4) is 0 Å². The number of nitrogens with one attached hydrogen (secondary N) is 2. The third kappa shape index (κ3) is 5.40. The van der Waals surface area contributed by atoms with Crippen molar-refractivity contribution in [1.29, 1.82) is 0 Å². The van der Waals surface area contributed by atoms with E-state index in [1.54, 1.807) is 24.3 Å². The van der Waals surface area contributed by atoms with Crippen LogP contribution in [0.4, 0.5) is 24.5 Å². The van der Waals surface area contributed by atoms with Crippen LogP contribution in [0.25, 0.3) is 0 Å². The van der Waals surface area contributed by atoms with Crippen molar-refractivity contribution in [2.45, 2.75) is 6.92 Å². The van der Waals surface area contributed by atoms with Gasteiger partial charge in [-0.25, -0.2) is 13.2 Å². The van der Waals surface area contributed by atoms with Gasteiger partial charge in [-0.15, -0.1) is 0 Å². The molecule has 28 heavy (non-hydrogen) atoms. The first kappa shape index (κ1) is 21.1. The Labute approximate surface area is 159 Å². The molecule has 0 fully saturated rings. The molecule has 0 aromatic heterocycles. The molecule has 2 aromatic rings. The van der Waals surface area contributed by atoms with Gasteiger partial charge in [0.1, 0.15) is 0 Å². The van der Waals surface area contributed by atoms with E-state index in [1.807, 2.05) is 0 Å². The number of para-hydroxylation sites is 1. The molecule has 0 spiro atoms. The van der Waals surface area contributed by atoms with E-state index in [-0.39, 0.29) is 18.9 Å². The number of carbonyl (C=O) groups is 3. The number of rotatable bonds is 7. The topological polar surface area (TPSA) is 78.5 Å². The maximum Gasteiger partial charge on any atom is 0.238 e. The fraction of sp³-hybridized carbons (Fsp3) is 0.211. The van der Waals surface area contributed by atoms with Crippen molar-refractivity contribution in [2.24, 2.45) is 0 Å². The number of benzene rings is 2. The molecule has 0 unspecified atom stereocenters. The molecule has 2 N–H and O–H groups in total. The summed E-state index contributed by atoms with van der Waals surface area (Å²) in [5.41, 5.74) is 0.198. The summed E-state index contributed by atoms with van der Waals surface area (Å²) < 4.78 is 39.7. The second kappa shape index (κ2) is 9.14. The standard InChI is InChI=1S/C19H18F3N3O3/c1-11(26)12-5-3-4-6-14(12)23-16(27)9-25(2)10-17(28)24-15-8-7-13(20)18(21)19(15)22/h3-8H,9-10H2,1-2H3,(H,23,27)(H,24,28). The zero-order valence-corrected chi connectivity index (χ0v) is 15.2. The highest BCUT2D eigenvalue weighted by atomic mass is 19.2. The number of likely N-dealkylation sites (N-methyl/N-ethyl adjacent to an activating group) is 1. The van der Waals surface area contributed by atoms with Gasteiger partial charge in [0.05, 0.1) is 24.5 Å². The zero-order valence-electron chi connectivity index (χ0n) is 15.2. The molecule has 6 nitrogen and oxygen atoms in total. The summed E-state index contributed by atoms with van der Waals surface area (Å²) in [7, 11) is 1.47. The first-order chi connectivity index (χ1) is 13.2. The lowest BCUT2D eigenvalue weighted by molar-refractivity contribution is -0.119. The average molecular weight is 393 g/mol. The normalized spacial score (nSPS) is 10.6. The third-order valence-corrected chi connectivity index (χ3v) is 3.72. The maximum absolute atomic E-state index is 13.6. The first-order valence-corrected chi connectivity index (χ1v) is 8.20. The number of carbonyl (C=O) groups excluding carboxylic acids is 3. The predicted molar refractivity (Wildman–Crippen MR) is 97.5 cm³/mol. The van der Waals surface area contributed by atoms with Gasteiger partial charge in [0.2, 0.25) is 11.8 Å². The third-order valence-electron chi connectivity index (χ3n) is 3.72. The molecular weight excluding hydrogens is 375 g/mol. The molecule has 0 aliphatic rings. The van der Waals surface area contributed by atoms with Gasteiger partial charge in [-0.05, 0) is 38.2 Å². The predicted octanol–water partition coefficient (Wildman–Crippen LogP) is 2.82. The van der Waals surface area contributed by atoms with E-state index in [0.29, 0.717) is 17.3 Å². The molecule has 9 heteroatoms. The van der Waals surface area contributed by atoms with Crippen molar-refractivity contribution < 1.29 is 27.6 Å². The molecule has 148 valence electrons. The molecule has 2 amide bonds. The number of ketones is 1. The van der Waals surface area contributed by atoms with Crippen LogP contribution in [0.1, 0.15) is 17.3 Å². The number of nitrogens with zero attached hydrogens (tertiary/aromatic N) is 1.